The number of nitrogens with zero attached hydrogens (tertiary/aromatic N) is 2. The van der Waals surface area contributed by atoms with Crippen LogP contribution in [-0.4, -0.2) is 28.2 Å². The lowest BCUT2D eigenvalue weighted by Crippen LogP contribution is -2.08. The Hall–Kier alpha value is -1.46. The number of aliphatic hydroxyl groups is 1. The molecule has 5 heteroatoms. The van der Waals surface area contributed by atoms with Crippen molar-refractivity contribution in [3.63, 3.8) is 0 Å². The first-order valence-electron chi connectivity index (χ1n) is 5.22. The van der Waals surface area contributed by atoms with Gasteiger partial charge in [0.2, 0.25) is 5.95 Å². The molecule has 17 heavy (non-hydrogen) atoms. The predicted octanol–water partition coefficient (Wildman–Crippen LogP) is 2.31. The van der Waals surface area contributed by atoms with Crippen LogP contribution in [0.2, 0.25) is 0 Å². The first-order chi connectivity index (χ1) is 8.29. The average Bonchev–Trinajstić information content (AvgIpc) is 2.37. The molecule has 0 aliphatic rings. The largest absolute Gasteiger partial charge is 0.395 e. The van der Waals surface area contributed by atoms with Gasteiger partial charge in [0, 0.05) is 29.0 Å². The fourth-order valence-electron chi connectivity index (χ4n) is 1.40. The summed E-state index contributed by atoms with van der Waals surface area (Å²) in [6.45, 7) is 0.521. The van der Waals surface area contributed by atoms with Gasteiger partial charge >= 0.3 is 0 Å². The van der Waals surface area contributed by atoms with Crippen LogP contribution in [0.3, 0.4) is 0 Å². The summed E-state index contributed by atoms with van der Waals surface area (Å²) in [6.07, 6.45) is 3.52. The molecule has 0 fully saturated rings. The molecule has 2 aromatic rings. The van der Waals surface area contributed by atoms with E-state index in [0.29, 0.717) is 12.5 Å². The van der Waals surface area contributed by atoms with Gasteiger partial charge in [-0.1, -0.05) is 28.1 Å². The van der Waals surface area contributed by atoms with Crippen LogP contribution in [0.15, 0.2) is 41.1 Å². The highest BCUT2D eigenvalue weighted by Crippen LogP contribution is 2.21. The summed E-state index contributed by atoms with van der Waals surface area (Å²) in [5.74, 6) is 0.526. The Labute approximate surface area is 108 Å². The Morgan fingerprint density at radius 2 is 1.94 bits per heavy atom. The number of rotatable bonds is 4. The van der Waals surface area contributed by atoms with E-state index in [2.05, 4.69) is 31.2 Å². The minimum Gasteiger partial charge on any atom is -0.395 e. The maximum atomic E-state index is 8.67. The summed E-state index contributed by atoms with van der Waals surface area (Å²) >= 11 is 3.43. The standard InChI is InChI=1S/C12H12BrN3O/c13-11-3-1-2-9(6-11)10-7-15-12(16-8-10)14-4-5-17/h1-3,6-8,17H,4-5H2,(H,14,15,16). The van der Waals surface area contributed by atoms with Crippen LogP contribution in [0.25, 0.3) is 11.1 Å². The summed E-state index contributed by atoms with van der Waals surface area (Å²) < 4.78 is 1.03. The molecule has 0 aliphatic carbocycles. The maximum absolute atomic E-state index is 8.67. The van der Waals surface area contributed by atoms with Gasteiger partial charge < -0.3 is 10.4 Å². The topological polar surface area (TPSA) is 58.0 Å². The van der Waals surface area contributed by atoms with Crippen LogP contribution in [0.1, 0.15) is 0 Å². The van der Waals surface area contributed by atoms with Crippen LogP contribution in [0.4, 0.5) is 5.95 Å². The zero-order chi connectivity index (χ0) is 12.1. The second kappa shape index (κ2) is 5.75. The summed E-state index contributed by atoms with van der Waals surface area (Å²) in [6, 6.07) is 7.96. The van der Waals surface area contributed by atoms with Crippen molar-refractivity contribution in [2.24, 2.45) is 0 Å². The quantitative estimate of drug-likeness (QED) is 0.908. The third kappa shape index (κ3) is 3.25. The van der Waals surface area contributed by atoms with E-state index in [1.165, 1.54) is 0 Å². The molecule has 0 bridgehead atoms. The predicted molar refractivity (Wildman–Crippen MR) is 70.7 cm³/mol. The van der Waals surface area contributed by atoms with Crippen LogP contribution in [0.5, 0.6) is 0 Å². The molecule has 2 rings (SSSR count). The van der Waals surface area contributed by atoms with Gasteiger partial charge in [0.1, 0.15) is 0 Å². The van der Waals surface area contributed by atoms with Gasteiger partial charge in [0.05, 0.1) is 6.61 Å². The Balaban J connectivity index is 2.17. The van der Waals surface area contributed by atoms with E-state index in [0.717, 1.165) is 15.6 Å². The molecule has 0 amide bonds. The number of nitrogens with one attached hydrogen (secondary N) is 1. The van der Waals surface area contributed by atoms with E-state index in [9.17, 15) is 0 Å². The highest BCUT2D eigenvalue weighted by atomic mass is 79.9. The van der Waals surface area contributed by atoms with Crippen LogP contribution in [-0.2, 0) is 0 Å². The highest BCUT2D eigenvalue weighted by Gasteiger charge is 2.00. The molecule has 4 nitrogen and oxygen atoms in total. The van der Waals surface area contributed by atoms with Crippen molar-refractivity contribution in [2.45, 2.75) is 0 Å². The number of anilines is 1. The fourth-order valence-corrected chi connectivity index (χ4v) is 1.80. The van der Waals surface area contributed by atoms with Crippen molar-refractivity contribution in [3.05, 3.63) is 41.1 Å². The molecule has 0 saturated heterocycles. The van der Waals surface area contributed by atoms with Gasteiger partial charge in [-0.3, -0.25) is 0 Å². The van der Waals surface area contributed by atoms with Crippen molar-refractivity contribution in [1.29, 1.82) is 0 Å². The highest BCUT2D eigenvalue weighted by molar-refractivity contribution is 9.10. The minimum atomic E-state index is 0.0662. The third-order valence-electron chi connectivity index (χ3n) is 2.20. The van der Waals surface area contributed by atoms with E-state index < -0.39 is 0 Å². The van der Waals surface area contributed by atoms with E-state index in [4.69, 9.17) is 5.11 Å². The van der Waals surface area contributed by atoms with Gasteiger partial charge in [0.15, 0.2) is 0 Å². The van der Waals surface area contributed by atoms with Gasteiger partial charge in [-0.15, -0.1) is 0 Å². The molecule has 0 radical (unpaired) electrons. The number of halogens is 1. The Morgan fingerprint density at radius 3 is 2.59 bits per heavy atom. The van der Waals surface area contributed by atoms with E-state index >= 15 is 0 Å². The first kappa shape index (κ1) is 12.0. The SMILES string of the molecule is OCCNc1ncc(-c2cccc(Br)c2)cn1. The molecule has 0 atom stereocenters. The lowest BCUT2D eigenvalue weighted by Gasteiger charge is -2.04. The summed E-state index contributed by atoms with van der Waals surface area (Å²) in [5.41, 5.74) is 2.02. The van der Waals surface area contributed by atoms with Gasteiger partial charge in [-0.05, 0) is 17.7 Å². The second-order valence-electron chi connectivity index (χ2n) is 3.46. The molecular weight excluding hydrogens is 282 g/mol. The second-order valence-corrected chi connectivity index (χ2v) is 4.37. The number of aromatic nitrogens is 2. The van der Waals surface area contributed by atoms with Gasteiger partial charge in [-0.2, -0.15) is 0 Å². The zero-order valence-electron chi connectivity index (χ0n) is 9.10. The molecule has 0 spiro atoms. The Morgan fingerprint density at radius 1 is 1.18 bits per heavy atom. The molecule has 1 aromatic carbocycles. The third-order valence-corrected chi connectivity index (χ3v) is 2.70. The number of aliphatic hydroxyl groups excluding tert-OH is 1. The van der Waals surface area contributed by atoms with Crippen molar-refractivity contribution >= 4 is 21.9 Å². The normalized spacial score (nSPS) is 10.2. The number of benzene rings is 1. The minimum absolute atomic E-state index is 0.0662. The van der Waals surface area contributed by atoms with Crippen molar-refractivity contribution in [1.82, 2.24) is 9.97 Å². The van der Waals surface area contributed by atoms with E-state index in [-0.39, 0.29) is 6.61 Å². The molecule has 88 valence electrons. The molecule has 2 N–H and O–H groups in total. The van der Waals surface area contributed by atoms with Crippen LogP contribution in [0, 0.1) is 0 Å². The molecule has 0 unspecified atom stereocenters. The fraction of sp³-hybridized carbons (Fsp3) is 0.167. The Kier molecular flexibility index (Phi) is 4.06. The van der Waals surface area contributed by atoms with Crippen LogP contribution < -0.4 is 5.32 Å². The molecular formula is C12H12BrN3O. The summed E-state index contributed by atoms with van der Waals surface area (Å²) in [4.78, 5) is 8.35. The summed E-state index contributed by atoms with van der Waals surface area (Å²) in [5, 5.41) is 11.6. The van der Waals surface area contributed by atoms with E-state index in [1.807, 2.05) is 24.3 Å². The van der Waals surface area contributed by atoms with E-state index in [1.54, 1.807) is 12.4 Å². The Bertz CT molecular complexity index is 487. The van der Waals surface area contributed by atoms with Gasteiger partial charge in [0.25, 0.3) is 0 Å². The van der Waals surface area contributed by atoms with Crippen molar-refractivity contribution in [3.8, 4) is 11.1 Å². The number of hydrogen-bond acceptors (Lipinski definition) is 4. The zero-order valence-corrected chi connectivity index (χ0v) is 10.7. The van der Waals surface area contributed by atoms with Crippen molar-refractivity contribution in [2.75, 3.05) is 18.5 Å². The summed E-state index contributed by atoms with van der Waals surface area (Å²) in [7, 11) is 0. The molecule has 1 aromatic heterocycles. The van der Waals surface area contributed by atoms with Gasteiger partial charge in [-0.25, -0.2) is 9.97 Å². The van der Waals surface area contributed by atoms with Crippen LogP contribution >= 0.6 is 15.9 Å². The lowest BCUT2D eigenvalue weighted by molar-refractivity contribution is 0.311. The molecule has 0 saturated carbocycles. The molecule has 0 aliphatic heterocycles. The average molecular weight is 294 g/mol. The first-order valence-corrected chi connectivity index (χ1v) is 6.01. The smallest absolute Gasteiger partial charge is 0.222 e. The van der Waals surface area contributed by atoms with Crippen molar-refractivity contribution < 1.29 is 5.11 Å². The lowest BCUT2D eigenvalue weighted by atomic mass is 10.1. The number of hydrogen-bond donors (Lipinski definition) is 2. The maximum Gasteiger partial charge on any atom is 0.222 e. The molecule has 1 heterocycles. The monoisotopic (exact) mass is 293 g/mol.